The molecule has 4 aromatic rings. The van der Waals surface area contributed by atoms with E-state index in [9.17, 15) is 14.9 Å². The summed E-state index contributed by atoms with van der Waals surface area (Å²) >= 11 is 0. The van der Waals surface area contributed by atoms with E-state index in [1.165, 1.54) is 18.4 Å². The third-order valence-corrected chi connectivity index (χ3v) is 5.09. The normalized spacial score (nSPS) is 11.8. The number of rotatable bonds is 8. The van der Waals surface area contributed by atoms with Gasteiger partial charge in [-0.15, -0.1) is 0 Å². The highest BCUT2D eigenvalue weighted by Crippen LogP contribution is 2.24. The van der Waals surface area contributed by atoms with E-state index in [1.54, 1.807) is 29.2 Å². The molecule has 0 saturated carbocycles. The molecule has 0 saturated heterocycles. The van der Waals surface area contributed by atoms with Crippen LogP contribution in [0.5, 0.6) is 0 Å². The van der Waals surface area contributed by atoms with Crippen molar-refractivity contribution in [2.24, 2.45) is 0 Å². The van der Waals surface area contributed by atoms with Crippen LogP contribution in [0.25, 0.3) is 11.4 Å². The van der Waals surface area contributed by atoms with Crippen molar-refractivity contribution in [2.45, 2.75) is 19.4 Å². The Morgan fingerprint density at radius 2 is 1.94 bits per heavy atom. The Hall–Kier alpha value is -4.27. The number of nitro benzene ring substituents is 1. The quantitative estimate of drug-likeness (QED) is 0.293. The fourth-order valence-electron chi connectivity index (χ4n) is 3.37. The summed E-state index contributed by atoms with van der Waals surface area (Å²) in [4.78, 5) is 29.6. The maximum atomic E-state index is 13.1. The first-order valence-electron chi connectivity index (χ1n) is 10.00. The van der Waals surface area contributed by atoms with Crippen molar-refractivity contribution >= 4 is 11.6 Å². The van der Waals surface area contributed by atoms with Gasteiger partial charge in [-0.1, -0.05) is 47.6 Å². The molecule has 9 heteroatoms. The molecule has 0 radical (unpaired) electrons. The Kier molecular flexibility index (Phi) is 6.07. The lowest BCUT2D eigenvalue weighted by atomic mass is 10.1. The van der Waals surface area contributed by atoms with E-state index in [0.29, 0.717) is 24.4 Å². The molecule has 0 aliphatic heterocycles. The van der Waals surface area contributed by atoms with E-state index < -0.39 is 4.92 Å². The Bertz CT molecular complexity index is 1200. The zero-order valence-corrected chi connectivity index (χ0v) is 17.2. The molecule has 2 aromatic carbocycles. The summed E-state index contributed by atoms with van der Waals surface area (Å²) in [5, 5.41) is 14.9. The number of non-ortho nitro benzene ring substituents is 1. The molecule has 32 heavy (non-hydrogen) atoms. The van der Waals surface area contributed by atoms with E-state index in [1.807, 2.05) is 37.3 Å². The van der Waals surface area contributed by atoms with Gasteiger partial charge in [0.1, 0.15) is 0 Å². The second kappa shape index (κ2) is 9.25. The van der Waals surface area contributed by atoms with Crippen LogP contribution in [0.2, 0.25) is 0 Å². The molecular formula is C23H20N4O5. The van der Waals surface area contributed by atoms with E-state index >= 15 is 0 Å². The van der Waals surface area contributed by atoms with Crippen molar-refractivity contribution in [1.82, 2.24) is 15.0 Å². The van der Waals surface area contributed by atoms with Crippen LogP contribution in [0, 0.1) is 10.1 Å². The van der Waals surface area contributed by atoms with Crippen LogP contribution < -0.4 is 0 Å². The highest BCUT2D eigenvalue weighted by atomic mass is 16.6. The second-order valence-corrected chi connectivity index (χ2v) is 7.13. The fourth-order valence-corrected chi connectivity index (χ4v) is 3.37. The number of aromatic nitrogens is 2. The lowest BCUT2D eigenvalue weighted by Crippen LogP contribution is -2.35. The largest absolute Gasteiger partial charge is 0.459 e. The lowest BCUT2D eigenvalue weighted by Gasteiger charge is -2.28. The number of nitrogens with zero attached hydrogens (tertiary/aromatic N) is 4. The monoisotopic (exact) mass is 432 g/mol. The summed E-state index contributed by atoms with van der Waals surface area (Å²) < 4.78 is 10.6. The molecule has 1 unspecified atom stereocenters. The summed E-state index contributed by atoms with van der Waals surface area (Å²) in [6, 6.07) is 18.8. The standard InChI is InChI=1S/C23H20N4O5/c1-16(17-7-3-2-4-8-17)26(23(28)20-11-6-14-31-20)13-12-21-24-22(25-32-21)18-9-5-10-19(15-18)27(29)30/h2-11,14-16H,12-13H2,1H3. The van der Waals surface area contributed by atoms with Crippen molar-refractivity contribution in [3.05, 3.63) is 100 Å². The molecular weight excluding hydrogens is 412 g/mol. The third kappa shape index (κ3) is 4.56. The van der Waals surface area contributed by atoms with Crippen LogP contribution in [0.3, 0.4) is 0 Å². The summed E-state index contributed by atoms with van der Waals surface area (Å²) in [6.45, 7) is 2.25. The molecule has 9 nitrogen and oxygen atoms in total. The summed E-state index contributed by atoms with van der Waals surface area (Å²) in [5.74, 6) is 0.577. The Morgan fingerprint density at radius 3 is 2.66 bits per heavy atom. The number of benzene rings is 2. The minimum absolute atomic E-state index is 0.0549. The molecule has 1 amide bonds. The van der Waals surface area contributed by atoms with Crippen LogP contribution in [0.4, 0.5) is 5.69 Å². The smallest absolute Gasteiger partial charge is 0.290 e. The first-order valence-corrected chi connectivity index (χ1v) is 10.00. The number of hydrogen-bond acceptors (Lipinski definition) is 7. The van der Waals surface area contributed by atoms with E-state index in [4.69, 9.17) is 8.94 Å². The van der Waals surface area contributed by atoms with Crippen LogP contribution in [0.1, 0.15) is 35.0 Å². The second-order valence-electron chi connectivity index (χ2n) is 7.13. The minimum Gasteiger partial charge on any atom is -0.459 e. The number of carbonyl (C=O) groups is 1. The van der Waals surface area contributed by atoms with Gasteiger partial charge in [0, 0.05) is 30.7 Å². The zero-order valence-electron chi connectivity index (χ0n) is 17.2. The summed E-state index contributed by atoms with van der Waals surface area (Å²) in [6.07, 6.45) is 1.77. The van der Waals surface area contributed by atoms with Gasteiger partial charge < -0.3 is 13.8 Å². The Balaban J connectivity index is 1.53. The van der Waals surface area contributed by atoms with Crippen molar-refractivity contribution in [3.8, 4) is 11.4 Å². The molecule has 1 atom stereocenters. The molecule has 4 rings (SSSR count). The number of nitro groups is 1. The molecule has 162 valence electrons. The molecule has 0 bridgehead atoms. The van der Waals surface area contributed by atoms with Gasteiger partial charge in [-0.25, -0.2) is 0 Å². The molecule has 0 N–H and O–H groups in total. The highest BCUT2D eigenvalue weighted by molar-refractivity contribution is 5.91. The molecule has 0 spiro atoms. The van der Waals surface area contributed by atoms with Gasteiger partial charge in [-0.05, 0) is 24.6 Å². The first-order chi connectivity index (χ1) is 15.5. The van der Waals surface area contributed by atoms with Gasteiger partial charge in [0.15, 0.2) is 5.76 Å². The average molecular weight is 432 g/mol. The molecule has 2 heterocycles. The summed E-state index contributed by atoms with van der Waals surface area (Å²) in [7, 11) is 0. The zero-order chi connectivity index (χ0) is 22.5. The maximum absolute atomic E-state index is 13.1. The topological polar surface area (TPSA) is 116 Å². The average Bonchev–Trinajstić information content (AvgIpc) is 3.52. The number of amides is 1. The number of hydrogen-bond donors (Lipinski definition) is 0. The van der Waals surface area contributed by atoms with Crippen LogP contribution in [0.15, 0.2) is 81.9 Å². The Labute approximate surface area is 183 Å². The Morgan fingerprint density at radius 1 is 1.12 bits per heavy atom. The molecule has 0 aliphatic carbocycles. The van der Waals surface area contributed by atoms with Crippen molar-refractivity contribution in [2.75, 3.05) is 6.54 Å². The fraction of sp³-hybridized carbons (Fsp3) is 0.174. The summed E-state index contributed by atoms with van der Waals surface area (Å²) in [5.41, 5.74) is 1.41. The van der Waals surface area contributed by atoms with E-state index in [-0.39, 0.29) is 29.2 Å². The van der Waals surface area contributed by atoms with Crippen molar-refractivity contribution < 1.29 is 18.7 Å². The van der Waals surface area contributed by atoms with Gasteiger partial charge in [-0.3, -0.25) is 14.9 Å². The third-order valence-electron chi connectivity index (χ3n) is 5.09. The van der Waals surface area contributed by atoms with Crippen LogP contribution in [-0.2, 0) is 6.42 Å². The van der Waals surface area contributed by atoms with E-state index in [0.717, 1.165) is 5.56 Å². The molecule has 0 aliphatic rings. The van der Waals surface area contributed by atoms with Gasteiger partial charge in [-0.2, -0.15) is 4.98 Å². The number of carbonyl (C=O) groups excluding carboxylic acids is 1. The van der Waals surface area contributed by atoms with Crippen molar-refractivity contribution in [3.63, 3.8) is 0 Å². The first kappa shape index (κ1) is 21.0. The molecule has 2 aromatic heterocycles. The maximum Gasteiger partial charge on any atom is 0.290 e. The van der Waals surface area contributed by atoms with Gasteiger partial charge in [0.2, 0.25) is 11.7 Å². The van der Waals surface area contributed by atoms with Crippen molar-refractivity contribution in [1.29, 1.82) is 0 Å². The molecule has 0 fully saturated rings. The SMILES string of the molecule is CC(c1ccccc1)N(CCc1nc(-c2cccc([N+](=O)[O-])c2)no1)C(=O)c1ccco1. The predicted octanol–water partition coefficient (Wildman–Crippen LogP) is 4.68. The van der Waals surface area contributed by atoms with Gasteiger partial charge in [0.05, 0.1) is 17.2 Å². The minimum atomic E-state index is -0.479. The highest BCUT2D eigenvalue weighted by Gasteiger charge is 2.25. The predicted molar refractivity (Wildman–Crippen MR) is 115 cm³/mol. The van der Waals surface area contributed by atoms with Gasteiger partial charge >= 0.3 is 0 Å². The van der Waals surface area contributed by atoms with Crippen LogP contribution >= 0.6 is 0 Å². The van der Waals surface area contributed by atoms with E-state index in [2.05, 4.69) is 10.1 Å². The number of furan rings is 1. The van der Waals surface area contributed by atoms with Crippen LogP contribution in [-0.4, -0.2) is 32.4 Å². The van der Waals surface area contributed by atoms with Gasteiger partial charge in [0.25, 0.3) is 11.6 Å². The lowest BCUT2D eigenvalue weighted by molar-refractivity contribution is -0.384.